The van der Waals surface area contributed by atoms with Crippen molar-refractivity contribution in [2.45, 2.75) is 103 Å². The average Bonchev–Trinajstić information content (AvgIpc) is 2.83. The minimum atomic E-state index is 0.328. The molecule has 4 nitrogen and oxygen atoms in total. The predicted octanol–water partition coefficient (Wildman–Crippen LogP) is 6.67. The van der Waals surface area contributed by atoms with Crippen LogP contribution in [0.25, 0.3) is 11.4 Å². The molecule has 0 saturated carbocycles. The fourth-order valence-corrected chi connectivity index (χ4v) is 4.19. The third-order valence-electron chi connectivity index (χ3n) is 6.16. The van der Waals surface area contributed by atoms with Gasteiger partial charge in [0, 0.05) is 25.6 Å². The SMILES string of the molecule is OCCCCCCCCCc1ccnc(-c2cc(CCCCCCCCCO)ccn2)c1. The molecule has 4 heteroatoms. The van der Waals surface area contributed by atoms with Crippen molar-refractivity contribution in [3.63, 3.8) is 0 Å². The highest BCUT2D eigenvalue weighted by Gasteiger charge is 2.05. The van der Waals surface area contributed by atoms with Crippen LogP contribution < -0.4 is 0 Å². The summed E-state index contributed by atoms with van der Waals surface area (Å²) in [7, 11) is 0. The Morgan fingerprint density at radius 2 is 0.812 bits per heavy atom. The van der Waals surface area contributed by atoms with Crippen LogP contribution in [-0.2, 0) is 12.8 Å². The van der Waals surface area contributed by atoms with Crippen LogP contribution >= 0.6 is 0 Å². The molecule has 2 heterocycles. The molecule has 0 aliphatic carbocycles. The number of hydrogen-bond acceptors (Lipinski definition) is 4. The number of aryl methyl sites for hydroxylation is 2. The van der Waals surface area contributed by atoms with Crippen molar-refractivity contribution in [3.05, 3.63) is 47.8 Å². The third-order valence-corrected chi connectivity index (χ3v) is 6.16. The van der Waals surface area contributed by atoms with Gasteiger partial charge < -0.3 is 10.2 Å². The van der Waals surface area contributed by atoms with Crippen molar-refractivity contribution in [2.24, 2.45) is 0 Å². The van der Waals surface area contributed by atoms with E-state index in [0.29, 0.717) is 13.2 Å². The van der Waals surface area contributed by atoms with Gasteiger partial charge in [0.25, 0.3) is 0 Å². The van der Waals surface area contributed by atoms with Crippen LogP contribution in [0, 0.1) is 0 Å². The molecule has 2 aromatic heterocycles. The summed E-state index contributed by atoms with van der Waals surface area (Å²) in [5, 5.41) is 17.7. The quantitative estimate of drug-likeness (QED) is 0.239. The zero-order valence-corrected chi connectivity index (χ0v) is 20.0. The monoisotopic (exact) mass is 440 g/mol. The van der Waals surface area contributed by atoms with E-state index >= 15 is 0 Å². The number of aliphatic hydroxyl groups excluding tert-OH is 2. The summed E-state index contributed by atoms with van der Waals surface area (Å²) in [5.41, 5.74) is 4.67. The van der Waals surface area contributed by atoms with Gasteiger partial charge in [-0.3, -0.25) is 9.97 Å². The van der Waals surface area contributed by atoms with Gasteiger partial charge in [0.15, 0.2) is 0 Å². The highest BCUT2D eigenvalue weighted by Crippen LogP contribution is 2.20. The maximum atomic E-state index is 8.83. The van der Waals surface area contributed by atoms with Crippen LogP contribution in [0.1, 0.15) is 101 Å². The van der Waals surface area contributed by atoms with Crippen molar-refractivity contribution in [2.75, 3.05) is 13.2 Å². The molecule has 0 unspecified atom stereocenters. The van der Waals surface area contributed by atoms with Gasteiger partial charge in [0.1, 0.15) is 0 Å². The molecule has 0 fully saturated rings. The Hall–Kier alpha value is -1.78. The van der Waals surface area contributed by atoms with Crippen LogP contribution in [0.5, 0.6) is 0 Å². The summed E-state index contributed by atoms with van der Waals surface area (Å²) in [6.07, 6.45) is 22.8. The average molecular weight is 441 g/mol. The Bertz CT molecular complexity index is 659. The Kier molecular flexibility index (Phi) is 14.7. The molecule has 2 rings (SSSR count). The van der Waals surface area contributed by atoms with Gasteiger partial charge in [-0.25, -0.2) is 0 Å². The molecular formula is C28H44N2O2. The fourth-order valence-electron chi connectivity index (χ4n) is 4.19. The summed E-state index contributed by atoms with van der Waals surface area (Å²) < 4.78 is 0. The second kappa shape index (κ2) is 17.7. The second-order valence-electron chi connectivity index (χ2n) is 9.00. The lowest BCUT2D eigenvalue weighted by atomic mass is 10.0. The maximum absolute atomic E-state index is 8.83. The molecule has 0 aliphatic heterocycles. The minimum absolute atomic E-state index is 0.328. The van der Waals surface area contributed by atoms with E-state index in [1.165, 1.54) is 75.3 Å². The van der Waals surface area contributed by atoms with Gasteiger partial charge in [0.05, 0.1) is 11.4 Å². The summed E-state index contributed by atoms with van der Waals surface area (Å²) >= 11 is 0. The van der Waals surface area contributed by atoms with Crippen LogP contribution in [0.3, 0.4) is 0 Å². The lowest BCUT2D eigenvalue weighted by Gasteiger charge is -2.07. The van der Waals surface area contributed by atoms with E-state index in [0.717, 1.165) is 49.9 Å². The number of aliphatic hydroxyl groups is 2. The largest absolute Gasteiger partial charge is 0.396 e. The van der Waals surface area contributed by atoms with Crippen LogP contribution in [0.2, 0.25) is 0 Å². The number of hydrogen-bond donors (Lipinski definition) is 2. The number of rotatable bonds is 19. The Balaban J connectivity index is 1.70. The van der Waals surface area contributed by atoms with Crippen LogP contribution in [0.4, 0.5) is 0 Å². The molecule has 2 aromatic rings. The van der Waals surface area contributed by atoms with Crippen molar-refractivity contribution in [1.82, 2.24) is 9.97 Å². The first-order valence-corrected chi connectivity index (χ1v) is 13.0. The zero-order valence-electron chi connectivity index (χ0n) is 20.0. The molecule has 0 spiro atoms. The summed E-state index contributed by atoms with van der Waals surface area (Å²) in [4.78, 5) is 9.16. The van der Waals surface area contributed by atoms with E-state index in [1.807, 2.05) is 12.4 Å². The van der Waals surface area contributed by atoms with Gasteiger partial charge >= 0.3 is 0 Å². The minimum Gasteiger partial charge on any atom is -0.396 e. The number of nitrogens with zero attached hydrogens (tertiary/aromatic N) is 2. The van der Waals surface area contributed by atoms with Crippen LogP contribution in [0.15, 0.2) is 36.7 Å². The van der Waals surface area contributed by atoms with E-state index in [4.69, 9.17) is 10.2 Å². The molecule has 0 aromatic carbocycles. The smallest absolute Gasteiger partial charge is 0.0888 e. The summed E-state index contributed by atoms with van der Waals surface area (Å²) in [5.74, 6) is 0. The maximum Gasteiger partial charge on any atom is 0.0888 e. The lowest BCUT2D eigenvalue weighted by Crippen LogP contribution is -1.94. The molecule has 0 amide bonds. The topological polar surface area (TPSA) is 66.2 Å². The lowest BCUT2D eigenvalue weighted by molar-refractivity contribution is 0.282. The molecule has 0 bridgehead atoms. The Labute approximate surface area is 195 Å². The van der Waals surface area contributed by atoms with E-state index in [1.54, 1.807) is 0 Å². The van der Waals surface area contributed by atoms with Gasteiger partial charge in [-0.1, -0.05) is 64.2 Å². The first kappa shape index (κ1) is 26.5. The molecule has 0 saturated heterocycles. The van der Waals surface area contributed by atoms with Gasteiger partial charge in [-0.15, -0.1) is 0 Å². The molecule has 0 atom stereocenters. The van der Waals surface area contributed by atoms with E-state index in [-0.39, 0.29) is 0 Å². The highest BCUT2D eigenvalue weighted by atomic mass is 16.3. The highest BCUT2D eigenvalue weighted by molar-refractivity contribution is 5.55. The fraction of sp³-hybridized carbons (Fsp3) is 0.643. The van der Waals surface area contributed by atoms with Gasteiger partial charge in [0.2, 0.25) is 0 Å². The number of aromatic nitrogens is 2. The Morgan fingerprint density at radius 1 is 0.469 bits per heavy atom. The van der Waals surface area contributed by atoms with Gasteiger partial charge in [-0.2, -0.15) is 0 Å². The first-order valence-electron chi connectivity index (χ1n) is 13.0. The van der Waals surface area contributed by atoms with Crippen molar-refractivity contribution in [3.8, 4) is 11.4 Å². The molecular weight excluding hydrogens is 396 g/mol. The van der Waals surface area contributed by atoms with Crippen molar-refractivity contribution >= 4 is 0 Å². The zero-order chi connectivity index (χ0) is 22.7. The molecule has 0 aliphatic rings. The van der Waals surface area contributed by atoms with Gasteiger partial charge in [-0.05, 0) is 73.9 Å². The summed E-state index contributed by atoms with van der Waals surface area (Å²) in [6, 6.07) is 8.68. The number of unbranched alkanes of at least 4 members (excludes halogenated alkanes) is 12. The number of pyridine rings is 2. The van der Waals surface area contributed by atoms with E-state index in [9.17, 15) is 0 Å². The van der Waals surface area contributed by atoms with Crippen molar-refractivity contribution in [1.29, 1.82) is 0 Å². The predicted molar refractivity (Wildman–Crippen MR) is 134 cm³/mol. The summed E-state index contributed by atoms with van der Waals surface area (Å²) in [6.45, 7) is 0.657. The van der Waals surface area contributed by atoms with E-state index < -0.39 is 0 Å². The van der Waals surface area contributed by atoms with Crippen LogP contribution in [-0.4, -0.2) is 33.4 Å². The molecule has 2 N–H and O–H groups in total. The normalized spacial score (nSPS) is 11.2. The third kappa shape index (κ3) is 11.7. The standard InChI is InChI=1S/C28H44N2O2/c31-21-13-9-5-1-3-7-11-15-25-17-19-29-27(23-25)28-24-26(18-20-30-28)16-12-8-4-2-6-10-14-22-32/h17-20,23-24,31-32H,1-16,21-22H2. The van der Waals surface area contributed by atoms with E-state index in [2.05, 4.69) is 34.2 Å². The second-order valence-corrected chi connectivity index (χ2v) is 9.00. The van der Waals surface area contributed by atoms with Crippen molar-refractivity contribution < 1.29 is 10.2 Å². The Morgan fingerprint density at radius 3 is 1.19 bits per heavy atom. The first-order chi connectivity index (χ1) is 15.8. The molecule has 178 valence electrons. The molecule has 0 radical (unpaired) electrons. The molecule has 32 heavy (non-hydrogen) atoms.